The zero-order chi connectivity index (χ0) is 21.0. The molecular weight excluding hydrogens is 397 g/mol. The molecule has 0 aliphatic heterocycles. The molecule has 0 saturated heterocycles. The third-order valence-electron chi connectivity index (χ3n) is 4.56. The monoisotopic (exact) mass is 413 g/mol. The molecule has 0 aromatic heterocycles. The van der Waals surface area contributed by atoms with Gasteiger partial charge in [-0.3, -0.25) is 0 Å². The highest BCUT2D eigenvalue weighted by molar-refractivity contribution is 7.92. The molecule has 0 bridgehead atoms. The number of nitrogens with zero attached hydrogens (tertiary/aromatic N) is 1. The number of fused-ring (bicyclic) bond motifs is 1. The number of alkyl halides is 5. The van der Waals surface area contributed by atoms with E-state index in [0.717, 1.165) is 6.07 Å². The number of halogens is 5. The summed E-state index contributed by atoms with van der Waals surface area (Å²) >= 11 is 0. The Labute approximate surface area is 152 Å². The van der Waals surface area contributed by atoms with Gasteiger partial charge in [-0.2, -0.15) is 18.4 Å². The van der Waals surface area contributed by atoms with E-state index < -0.39 is 61.3 Å². The van der Waals surface area contributed by atoms with Crippen LogP contribution in [0.3, 0.4) is 0 Å². The van der Waals surface area contributed by atoms with Crippen LogP contribution < -0.4 is 4.74 Å². The molecule has 2 atom stereocenters. The van der Waals surface area contributed by atoms with Crippen molar-refractivity contribution < 1.29 is 40.2 Å². The van der Waals surface area contributed by atoms with Crippen LogP contribution in [0.15, 0.2) is 17.0 Å². The van der Waals surface area contributed by atoms with Crippen LogP contribution >= 0.6 is 0 Å². The molecule has 1 unspecified atom stereocenters. The molecule has 2 rings (SSSR count). The molecular formula is C16H16F5NO4S. The zero-order valence-corrected chi connectivity index (χ0v) is 15.3. The summed E-state index contributed by atoms with van der Waals surface area (Å²) in [6, 6.07) is 3.25. The van der Waals surface area contributed by atoms with Gasteiger partial charge >= 0.3 is 5.51 Å². The maximum absolute atomic E-state index is 14.0. The van der Waals surface area contributed by atoms with E-state index in [1.54, 1.807) is 0 Å². The Kier molecular flexibility index (Phi) is 4.99. The second-order valence-corrected chi connectivity index (χ2v) is 8.75. The molecule has 0 spiro atoms. The first-order chi connectivity index (χ1) is 12.1. The van der Waals surface area contributed by atoms with Crippen molar-refractivity contribution >= 4 is 9.84 Å². The topological polar surface area (TPSA) is 87.4 Å². The highest BCUT2D eigenvalue weighted by atomic mass is 32.2. The predicted molar refractivity (Wildman–Crippen MR) is 82.8 cm³/mol. The minimum Gasteiger partial charge on any atom is -0.489 e. The molecule has 0 heterocycles. The SMILES string of the molecule is CC(Oc1ccc(S(=O)(=O)C(F)(F)F)c2c1CC(F)(F)[C@H]2O)C(C)(C)C#N. The van der Waals surface area contributed by atoms with Crippen molar-refractivity contribution in [3.63, 3.8) is 0 Å². The molecule has 11 heteroatoms. The Morgan fingerprint density at radius 2 is 1.89 bits per heavy atom. The maximum atomic E-state index is 14.0. The molecule has 27 heavy (non-hydrogen) atoms. The van der Waals surface area contributed by atoms with E-state index >= 15 is 0 Å². The molecule has 0 fully saturated rings. The van der Waals surface area contributed by atoms with Crippen LogP contribution in [0, 0.1) is 16.7 Å². The van der Waals surface area contributed by atoms with E-state index in [9.17, 15) is 35.5 Å². The highest BCUT2D eigenvalue weighted by Gasteiger charge is 2.55. The average molecular weight is 413 g/mol. The van der Waals surface area contributed by atoms with Gasteiger partial charge in [0, 0.05) is 17.5 Å². The first-order valence-electron chi connectivity index (χ1n) is 7.67. The fraction of sp³-hybridized carbons (Fsp3) is 0.562. The number of sulfone groups is 1. The minimum absolute atomic E-state index is 0.307. The largest absolute Gasteiger partial charge is 0.501 e. The van der Waals surface area contributed by atoms with Crippen LogP contribution in [0.2, 0.25) is 0 Å². The molecule has 1 aliphatic carbocycles. The normalized spacial score (nSPS) is 20.7. The van der Waals surface area contributed by atoms with Crippen LogP contribution in [-0.2, 0) is 16.3 Å². The van der Waals surface area contributed by atoms with Crippen LogP contribution in [0.25, 0.3) is 0 Å². The molecule has 1 aromatic carbocycles. The summed E-state index contributed by atoms with van der Waals surface area (Å²) in [4.78, 5) is -1.44. The van der Waals surface area contributed by atoms with Crippen molar-refractivity contribution in [1.82, 2.24) is 0 Å². The van der Waals surface area contributed by atoms with Gasteiger partial charge in [0.25, 0.3) is 15.8 Å². The van der Waals surface area contributed by atoms with Gasteiger partial charge in [-0.05, 0) is 32.9 Å². The van der Waals surface area contributed by atoms with Gasteiger partial charge in [-0.1, -0.05) is 0 Å². The summed E-state index contributed by atoms with van der Waals surface area (Å²) < 4.78 is 95.6. The smallest absolute Gasteiger partial charge is 0.489 e. The summed E-state index contributed by atoms with van der Waals surface area (Å²) in [5.74, 6) is -4.18. The fourth-order valence-electron chi connectivity index (χ4n) is 2.55. The summed E-state index contributed by atoms with van der Waals surface area (Å²) in [5.41, 5.74) is -8.35. The fourth-order valence-corrected chi connectivity index (χ4v) is 3.57. The Balaban J connectivity index is 2.67. The van der Waals surface area contributed by atoms with Gasteiger partial charge in [-0.25, -0.2) is 17.2 Å². The Hall–Kier alpha value is -1.93. The Morgan fingerprint density at radius 1 is 1.33 bits per heavy atom. The molecule has 0 radical (unpaired) electrons. The number of hydrogen-bond donors (Lipinski definition) is 1. The van der Waals surface area contributed by atoms with E-state index in [0.29, 0.717) is 6.07 Å². The lowest BCUT2D eigenvalue weighted by atomic mass is 9.89. The number of benzene rings is 1. The average Bonchev–Trinajstić information content (AvgIpc) is 2.77. The van der Waals surface area contributed by atoms with E-state index in [-0.39, 0.29) is 5.75 Å². The highest BCUT2D eigenvalue weighted by Crippen LogP contribution is 2.50. The number of nitriles is 1. The number of hydrogen-bond acceptors (Lipinski definition) is 5. The van der Waals surface area contributed by atoms with Crippen LogP contribution in [0.4, 0.5) is 22.0 Å². The quantitative estimate of drug-likeness (QED) is 0.764. The second-order valence-electron chi connectivity index (χ2n) is 6.84. The molecule has 1 aromatic rings. The Morgan fingerprint density at radius 3 is 2.37 bits per heavy atom. The summed E-state index contributed by atoms with van der Waals surface area (Å²) in [6.45, 7) is 4.47. The Bertz CT molecular complexity index is 903. The zero-order valence-electron chi connectivity index (χ0n) is 14.4. The van der Waals surface area contributed by atoms with Crippen molar-refractivity contribution in [1.29, 1.82) is 5.26 Å². The van der Waals surface area contributed by atoms with E-state index in [4.69, 9.17) is 10.00 Å². The third-order valence-corrected chi connectivity index (χ3v) is 6.11. The van der Waals surface area contributed by atoms with Gasteiger partial charge in [0.15, 0.2) is 0 Å². The lowest BCUT2D eigenvalue weighted by molar-refractivity contribution is -0.0979. The summed E-state index contributed by atoms with van der Waals surface area (Å²) in [7, 11) is -5.96. The second kappa shape index (κ2) is 6.31. The van der Waals surface area contributed by atoms with Gasteiger partial charge in [-0.15, -0.1) is 0 Å². The lowest BCUT2D eigenvalue weighted by Crippen LogP contribution is -2.31. The van der Waals surface area contributed by atoms with Crippen LogP contribution in [0.5, 0.6) is 5.75 Å². The van der Waals surface area contributed by atoms with E-state index in [1.165, 1.54) is 20.8 Å². The standard InChI is InChI=1S/C16H16F5NO4S/c1-8(14(2,3)7-22)26-10-4-5-11(27(24,25)16(19,20)21)12-9(10)6-15(17,18)13(12)23/h4-5,8,13,23H,6H2,1-3H3/t8?,13-/m0/s1. The van der Waals surface area contributed by atoms with E-state index in [1.807, 2.05) is 6.07 Å². The minimum atomic E-state index is -5.96. The molecule has 1 aliphatic rings. The van der Waals surface area contributed by atoms with Crippen LogP contribution in [0.1, 0.15) is 38.0 Å². The first kappa shape index (κ1) is 21.4. The number of rotatable bonds is 4. The van der Waals surface area contributed by atoms with Crippen molar-refractivity contribution in [3.05, 3.63) is 23.3 Å². The lowest BCUT2D eigenvalue weighted by Gasteiger charge is -2.26. The van der Waals surface area contributed by atoms with Gasteiger partial charge in [0.2, 0.25) is 0 Å². The predicted octanol–water partition coefficient (Wildman–Crippen LogP) is 3.52. The maximum Gasteiger partial charge on any atom is 0.501 e. The molecule has 150 valence electrons. The molecule has 0 amide bonds. The number of aliphatic hydroxyl groups is 1. The van der Waals surface area contributed by atoms with Crippen molar-refractivity contribution in [2.75, 3.05) is 0 Å². The molecule has 1 N–H and O–H groups in total. The van der Waals surface area contributed by atoms with Gasteiger partial charge in [0.05, 0.1) is 16.4 Å². The van der Waals surface area contributed by atoms with Crippen molar-refractivity contribution in [2.24, 2.45) is 5.41 Å². The van der Waals surface area contributed by atoms with E-state index in [2.05, 4.69) is 0 Å². The van der Waals surface area contributed by atoms with Crippen molar-refractivity contribution in [3.8, 4) is 11.8 Å². The number of aliphatic hydroxyl groups excluding tert-OH is 1. The van der Waals surface area contributed by atoms with Crippen molar-refractivity contribution in [2.45, 2.75) is 55.7 Å². The molecule has 5 nitrogen and oxygen atoms in total. The first-order valence-corrected chi connectivity index (χ1v) is 9.15. The molecule has 0 saturated carbocycles. The third kappa shape index (κ3) is 3.48. The summed E-state index contributed by atoms with van der Waals surface area (Å²) in [5, 5.41) is 18.9. The van der Waals surface area contributed by atoms with Gasteiger partial charge < -0.3 is 9.84 Å². The summed E-state index contributed by atoms with van der Waals surface area (Å²) in [6.07, 6.45) is -4.79. The van der Waals surface area contributed by atoms with Crippen LogP contribution in [-0.4, -0.2) is 31.1 Å². The van der Waals surface area contributed by atoms with Gasteiger partial charge in [0.1, 0.15) is 18.0 Å². The number of ether oxygens (including phenoxy) is 1.